The number of nitrogens with zero attached hydrogens (tertiary/aromatic N) is 1. The van der Waals surface area contributed by atoms with Gasteiger partial charge in [-0.2, -0.15) is 17.0 Å². The monoisotopic (exact) mass is 202 g/mol. The van der Waals surface area contributed by atoms with Crippen molar-refractivity contribution in [2.45, 2.75) is 19.4 Å². The van der Waals surface area contributed by atoms with Crippen LogP contribution in [0.1, 0.15) is 13.3 Å². The molecule has 0 saturated heterocycles. The first-order valence-corrected chi connectivity index (χ1v) is 5.24. The molecule has 1 atom stereocenters. The highest BCUT2D eigenvalue weighted by atomic mass is 32.2. The van der Waals surface area contributed by atoms with Crippen molar-refractivity contribution in [3.8, 4) is 6.07 Å². The van der Waals surface area contributed by atoms with Gasteiger partial charge in [0.25, 0.3) is 0 Å². The second kappa shape index (κ2) is 7.90. The van der Waals surface area contributed by atoms with Gasteiger partial charge in [0.1, 0.15) is 6.04 Å². The van der Waals surface area contributed by atoms with Crippen molar-refractivity contribution in [2.24, 2.45) is 5.73 Å². The highest BCUT2D eigenvalue weighted by Crippen LogP contribution is 2.04. The molecular formula is C8H14N2O2S. The predicted molar refractivity (Wildman–Crippen MR) is 52.2 cm³/mol. The maximum Gasteiger partial charge on any atom is 0.323 e. The molecule has 2 N–H and O–H groups in total. The molecule has 0 saturated carbocycles. The molecule has 0 fully saturated rings. The molecule has 4 nitrogen and oxygen atoms in total. The molecule has 0 rings (SSSR count). The first-order valence-electron chi connectivity index (χ1n) is 4.09. The van der Waals surface area contributed by atoms with E-state index in [0.29, 0.717) is 24.5 Å². The summed E-state index contributed by atoms with van der Waals surface area (Å²) in [6, 6.07) is 1.45. The van der Waals surface area contributed by atoms with Crippen LogP contribution in [0.5, 0.6) is 0 Å². The normalized spacial score (nSPS) is 11.8. The van der Waals surface area contributed by atoms with Crippen LogP contribution in [-0.4, -0.2) is 30.1 Å². The van der Waals surface area contributed by atoms with E-state index >= 15 is 0 Å². The second-order valence-electron chi connectivity index (χ2n) is 2.34. The smallest absolute Gasteiger partial charge is 0.323 e. The Morgan fingerprint density at radius 2 is 2.46 bits per heavy atom. The number of ether oxygens (including phenoxy) is 1. The Morgan fingerprint density at radius 1 is 1.77 bits per heavy atom. The number of esters is 1. The minimum atomic E-state index is -0.566. The van der Waals surface area contributed by atoms with Gasteiger partial charge in [-0.15, -0.1) is 0 Å². The summed E-state index contributed by atoms with van der Waals surface area (Å²) in [4.78, 5) is 11.0. The van der Waals surface area contributed by atoms with Gasteiger partial charge < -0.3 is 10.5 Å². The molecule has 0 aromatic heterocycles. The summed E-state index contributed by atoms with van der Waals surface area (Å²) in [5, 5.41) is 8.24. The van der Waals surface area contributed by atoms with Crippen LogP contribution in [0.4, 0.5) is 0 Å². The van der Waals surface area contributed by atoms with Gasteiger partial charge in [0.2, 0.25) is 0 Å². The van der Waals surface area contributed by atoms with E-state index in [9.17, 15) is 4.79 Å². The summed E-state index contributed by atoms with van der Waals surface area (Å²) in [6.07, 6.45) is 0.486. The van der Waals surface area contributed by atoms with E-state index in [2.05, 4.69) is 0 Å². The van der Waals surface area contributed by atoms with Crippen LogP contribution in [0.15, 0.2) is 0 Å². The molecule has 0 unspecified atom stereocenters. The van der Waals surface area contributed by atoms with E-state index in [0.717, 1.165) is 0 Å². The number of nitriles is 1. The van der Waals surface area contributed by atoms with Crippen LogP contribution in [-0.2, 0) is 9.53 Å². The molecule has 74 valence electrons. The second-order valence-corrected chi connectivity index (χ2v) is 3.49. The van der Waals surface area contributed by atoms with E-state index in [4.69, 9.17) is 15.7 Å². The van der Waals surface area contributed by atoms with Gasteiger partial charge in [-0.1, -0.05) is 0 Å². The van der Waals surface area contributed by atoms with Crippen molar-refractivity contribution in [3.05, 3.63) is 0 Å². The Labute approximate surface area is 82.4 Å². The number of carbonyl (C=O) groups is 1. The third kappa shape index (κ3) is 6.43. The van der Waals surface area contributed by atoms with Crippen LogP contribution >= 0.6 is 11.8 Å². The van der Waals surface area contributed by atoms with Gasteiger partial charge in [0.15, 0.2) is 0 Å². The first-order chi connectivity index (χ1) is 6.22. The third-order valence-electron chi connectivity index (χ3n) is 1.24. The summed E-state index contributed by atoms with van der Waals surface area (Å²) in [6.45, 7) is 2.10. The molecule has 0 aromatic rings. The fraction of sp³-hybridized carbons (Fsp3) is 0.750. The predicted octanol–water partition coefficient (Wildman–Crippen LogP) is 0.524. The highest BCUT2D eigenvalue weighted by molar-refractivity contribution is 7.99. The third-order valence-corrected chi connectivity index (χ3v) is 2.33. The Kier molecular flexibility index (Phi) is 7.45. The minimum absolute atomic E-state index is 0.357. The number of rotatable bonds is 6. The summed E-state index contributed by atoms with van der Waals surface area (Å²) >= 11 is 1.49. The Morgan fingerprint density at radius 3 is 3.00 bits per heavy atom. The zero-order valence-electron chi connectivity index (χ0n) is 7.66. The zero-order valence-corrected chi connectivity index (χ0v) is 8.47. The van der Waals surface area contributed by atoms with Gasteiger partial charge in [-0.05, 0) is 6.92 Å². The molecule has 0 aliphatic rings. The molecule has 0 heterocycles. The summed E-state index contributed by atoms with van der Waals surface area (Å²) in [5.74, 6) is 0.858. The minimum Gasteiger partial charge on any atom is -0.465 e. The van der Waals surface area contributed by atoms with Crippen LogP contribution in [0.25, 0.3) is 0 Å². The van der Waals surface area contributed by atoms with E-state index in [-0.39, 0.29) is 5.97 Å². The Hall–Kier alpha value is -0.730. The van der Waals surface area contributed by atoms with E-state index < -0.39 is 6.04 Å². The fourth-order valence-corrected chi connectivity index (χ4v) is 1.44. The molecule has 0 spiro atoms. The molecule has 0 aliphatic carbocycles. The van der Waals surface area contributed by atoms with Crippen LogP contribution in [0, 0.1) is 11.3 Å². The van der Waals surface area contributed by atoms with Crippen LogP contribution in [0.3, 0.4) is 0 Å². The number of hydrogen-bond acceptors (Lipinski definition) is 5. The number of hydrogen-bond donors (Lipinski definition) is 1. The maximum atomic E-state index is 11.0. The molecule has 0 aliphatic heterocycles. The van der Waals surface area contributed by atoms with E-state index in [1.54, 1.807) is 6.92 Å². The van der Waals surface area contributed by atoms with Crippen molar-refractivity contribution in [3.63, 3.8) is 0 Å². The topological polar surface area (TPSA) is 76.1 Å². The van der Waals surface area contributed by atoms with Gasteiger partial charge in [0.05, 0.1) is 12.7 Å². The summed E-state index contributed by atoms with van der Waals surface area (Å²) in [7, 11) is 0. The van der Waals surface area contributed by atoms with Crippen LogP contribution < -0.4 is 5.73 Å². The quantitative estimate of drug-likeness (QED) is 0.502. The lowest BCUT2D eigenvalue weighted by molar-refractivity contribution is -0.144. The zero-order chi connectivity index (χ0) is 10.1. The molecule has 13 heavy (non-hydrogen) atoms. The Balaban J connectivity index is 3.45. The average molecular weight is 202 g/mol. The molecule has 0 bridgehead atoms. The number of thioether (sulfide) groups is 1. The van der Waals surface area contributed by atoms with Crippen molar-refractivity contribution < 1.29 is 9.53 Å². The highest BCUT2D eigenvalue weighted by Gasteiger charge is 2.13. The number of carbonyl (C=O) groups excluding carboxylic acids is 1. The standard InChI is InChI=1S/C8H14N2O2S/c1-2-12-8(11)7(10)6-13-5-3-4-9/h7H,2-3,5-6,10H2,1H3/t7-/m1/s1. The van der Waals surface area contributed by atoms with Crippen molar-refractivity contribution in [1.82, 2.24) is 0 Å². The molecular weight excluding hydrogens is 188 g/mol. The molecule has 5 heteroatoms. The van der Waals surface area contributed by atoms with Crippen LogP contribution in [0.2, 0.25) is 0 Å². The molecule has 0 amide bonds. The van der Waals surface area contributed by atoms with Gasteiger partial charge in [-0.25, -0.2) is 0 Å². The van der Waals surface area contributed by atoms with Gasteiger partial charge in [0, 0.05) is 17.9 Å². The summed E-state index contributed by atoms with van der Waals surface area (Å²) in [5.41, 5.74) is 5.51. The van der Waals surface area contributed by atoms with Crippen molar-refractivity contribution in [1.29, 1.82) is 5.26 Å². The summed E-state index contributed by atoms with van der Waals surface area (Å²) < 4.78 is 4.72. The molecule has 0 aromatic carbocycles. The Bertz CT molecular complexity index is 191. The maximum absolute atomic E-state index is 11.0. The van der Waals surface area contributed by atoms with Gasteiger partial charge in [-0.3, -0.25) is 4.79 Å². The van der Waals surface area contributed by atoms with E-state index in [1.165, 1.54) is 11.8 Å². The largest absolute Gasteiger partial charge is 0.465 e. The lowest BCUT2D eigenvalue weighted by Crippen LogP contribution is -2.34. The fourth-order valence-electron chi connectivity index (χ4n) is 0.645. The lowest BCUT2D eigenvalue weighted by Gasteiger charge is -2.08. The lowest BCUT2D eigenvalue weighted by atomic mass is 10.4. The first kappa shape index (κ1) is 12.3. The van der Waals surface area contributed by atoms with Crippen molar-refractivity contribution in [2.75, 3.05) is 18.1 Å². The van der Waals surface area contributed by atoms with E-state index in [1.807, 2.05) is 6.07 Å². The molecule has 0 radical (unpaired) electrons. The van der Waals surface area contributed by atoms with Gasteiger partial charge >= 0.3 is 5.97 Å². The van der Waals surface area contributed by atoms with Crippen molar-refractivity contribution >= 4 is 17.7 Å². The average Bonchev–Trinajstić information content (AvgIpc) is 2.12. The number of nitrogens with two attached hydrogens (primary N) is 1. The SMILES string of the molecule is CCOC(=O)[C@H](N)CSCCC#N.